The van der Waals surface area contributed by atoms with Gasteiger partial charge in [-0.2, -0.15) is 0 Å². The van der Waals surface area contributed by atoms with Crippen LogP contribution in [0.3, 0.4) is 0 Å². The van der Waals surface area contributed by atoms with Crippen molar-refractivity contribution in [2.24, 2.45) is 5.92 Å². The quantitative estimate of drug-likeness (QED) is 0.136. The summed E-state index contributed by atoms with van der Waals surface area (Å²) in [5.74, 6) is 0.275. The molecule has 1 fully saturated rings. The van der Waals surface area contributed by atoms with Gasteiger partial charge in [-0.3, -0.25) is 9.59 Å². The molecule has 0 saturated carbocycles. The van der Waals surface area contributed by atoms with Gasteiger partial charge in [0.2, 0.25) is 0 Å². The first kappa shape index (κ1) is 33.0. The Bertz CT molecular complexity index is 1800. The van der Waals surface area contributed by atoms with E-state index in [4.69, 9.17) is 15.2 Å². The van der Waals surface area contributed by atoms with Gasteiger partial charge < -0.3 is 30.5 Å². The van der Waals surface area contributed by atoms with Crippen LogP contribution >= 0.6 is 15.9 Å². The maximum Gasteiger partial charge on any atom is 0.264 e. The van der Waals surface area contributed by atoms with Gasteiger partial charge in [-0.05, 0) is 84.3 Å². The third-order valence-electron chi connectivity index (χ3n) is 9.91. The lowest BCUT2D eigenvalue weighted by Gasteiger charge is -2.37. The highest BCUT2D eigenvalue weighted by atomic mass is 79.9. The van der Waals surface area contributed by atoms with E-state index in [-0.39, 0.29) is 36.0 Å². The van der Waals surface area contributed by atoms with Crippen molar-refractivity contribution >= 4 is 58.1 Å². The Morgan fingerprint density at radius 3 is 2.47 bits per heavy atom. The molecule has 0 unspecified atom stereocenters. The number of carbonyl (C=O) groups excluding carboxylic acids is 2. The Labute approximate surface area is 285 Å². The lowest BCUT2D eigenvalue weighted by Crippen LogP contribution is -2.51. The van der Waals surface area contributed by atoms with E-state index in [0.29, 0.717) is 29.9 Å². The van der Waals surface area contributed by atoms with Gasteiger partial charge in [-0.25, -0.2) is 0 Å². The normalized spacial score (nSPS) is 22.0. The third kappa shape index (κ3) is 5.88. The maximum atomic E-state index is 14.9. The number of nitrogen functional groups attached to an aromatic ring is 1. The van der Waals surface area contributed by atoms with E-state index in [1.807, 2.05) is 54.6 Å². The molecule has 2 heterocycles. The number of nitrogens with zero attached hydrogens (tertiary/aromatic N) is 1. The van der Waals surface area contributed by atoms with Crippen LogP contribution in [0.1, 0.15) is 34.8 Å². The third-order valence-corrected chi connectivity index (χ3v) is 14.8. The zero-order valence-corrected chi connectivity index (χ0v) is 29.6. The Morgan fingerprint density at radius 1 is 1.06 bits per heavy atom. The molecule has 47 heavy (non-hydrogen) atoms. The molecule has 4 atom stereocenters. The molecular formula is C37H40BrN3O5Si. The molecule has 8 nitrogen and oxygen atoms in total. The SMILES string of the molecule is COc1ccc([Si](C)(C)[C@H]2[C@H](CCO)O[C@@]3(C(=O)N(Cc4cccc(NC(=O)c5ccc(N)cc5)c4)c4ccc(Br)cc43)[C@@H]2C)cc1. The van der Waals surface area contributed by atoms with Crippen LogP contribution in [-0.4, -0.2) is 44.8 Å². The minimum absolute atomic E-state index is 0.0326. The second-order valence-electron chi connectivity index (χ2n) is 13.0. The number of halogens is 1. The second kappa shape index (κ2) is 12.9. The number of benzene rings is 4. The van der Waals surface area contributed by atoms with Gasteiger partial charge in [0.15, 0.2) is 5.60 Å². The van der Waals surface area contributed by atoms with Crippen LogP contribution in [-0.2, 0) is 21.7 Å². The number of nitrogens with two attached hydrogens (primary N) is 1. The Balaban J connectivity index is 1.34. The van der Waals surface area contributed by atoms with Crippen molar-refractivity contribution in [1.82, 2.24) is 0 Å². The van der Waals surface area contributed by atoms with Crippen LogP contribution in [0.5, 0.6) is 5.75 Å². The Hall–Kier alpha value is -3.96. The number of rotatable bonds is 9. The molecule has 4 N–H and O–H groups in total. The molecule has 1 spiro atoms. The van der Waals surface area contributed by atoms with Crippen LogP contribution in [0.25, 0.3) is 0 Å². The van der Waals surface area contributed by atoms with Gasteiger partial charge in [0.1, 0.15) is 5.75 Å². The molecule has 2 amide bonds. The van der Waals surface area contributed by atoms with Crippen LogP contribution in [0.2, 0.25) is 18.6 Å². The minimum atomic E-state index is -2.28. The van der Waals surface area contributed by atoms with E-state index in [0.717, 1.165) is 27.0 Å². The Kier molecular flexibility index (Phi) is 9.06. The molecule has 0 aliphatic carbocycles. The molecule has 6 rings (SSSR count). The molecule has 0 aromatic heterocycles. The van der Waals surface area contributed by atoms with Crippen molar-refractivity contribution in [1.29, 1.82) is 0 Å². The van der Waals surface area contributed by atoms with Crippen molar-refractivity contribution in [2.45, 2.75) is 50.2 Å². The first-order valence-corrected chi connectivity index (χ1v) is 19.7. The number of aliphatic hydroxyl groups excluding tert-OH is 1. The van der Waals surface area contributed by atoms with Crippen LogP contribution < -0.4 is 25.9 Å². The smallest absolute Gasteiger partial charge is 0.264 e. The van der Waals surface area contributed by atoms with Crippen LogP contribution in [0.4, 0.5) is 17.1 Å². The number of hydrogen-bond donors (Lipinski definition) is 3. The van der Waals surface area contributed by atoms with Crippen molar-refractivity contribution in [3.8, 4) is 5.75 Å². The van der Waals surface area contributed by atoms with Crippen molar-refractivity contribution in [3.63, 3.8) is 0 Å². The highest BCUT2D eigenvalue weighted by molar-refractivity contribution is 9.10. The topological polar surface area (TPSA) is 114 Å². The van der Waals surface area contributed by atoms with E-state index < -0.39 is 13.7 Å². The summed E-state index contributed by atoms with van der Waals surface area (Å²) in [6.07, 6.45) is 0.136. The number of nitrogens with one attached hydrogen (secondary N) is 1. The molecule has 2 aliphatic rings. The van der Waals surface area contributed by atoms with E-state index >= 15 is 0 Å². The monoisotopic (exact) mass is 713 g/mol. The number of fused-ring (bicyclic) bond motifs is 2. The summed E-state index contributed by atoms with van der Waals surface area (Å²) in [6, 6.07) is 28.5. The highest BCUT2D eigenvalue weighted by Gasteiger charge is 2.66. The highest BCUT2D eigenvalue weighted by Crippen LogP contribution is 2.60. The fourth-order valence-corrected chi connectivity index (χ4v) is 12.0. The minimum Gasteiger partial charge on any atom is -0.497 e. The summed E-state index contributed by atoms with van der Waals surface area (Å²) in [6.45, 7) is 7.05. The average Bonchev–Trinajstić information content (AvgIpc) is 3.48. The van der Waals surface area contributed by atoms with E-state index in [1.165, 1.54) is 5.19 Å². The van der Waals surface area contributed by atoms with Gasteiger partial charge in [0.25, 0.3) is 11.8 Å². The van der Waals surface area contributed by atoms with E-state index in [9.17, 15) is 14.7 Å². The van der Waals surface area contributed by atoms with Crippen molar-refractivity contribution in [2.75, 3.05) is 29.7 Å². The molecule has 10 heteroatoms. The summed E-state index contributed by atoms with van der Waals surface area (Å²) in [4.78, 5) is 29.6. The predicted molar refractivity (Wildman–Crippen MR) is 192 cm³/mol. The zero-order valence-electron chi connectivity index (χ0n) is 27.0. The Morgan fingerprint density at radius 2 is 1.79 bits per heavy atom. The molecule has 4 aromatic carbocycles. The summed E-state index contributed by atoms with van der Waals surface area (Å²) in [5.41, 5.74) is 8.83. The summed E-state index contributed by atoms with van der Waals surface area (Å²) in [7, 11) is -0.616. The van der Waals surface area contributed by atoms with Gasteiger partial charge in [-0.15, -0.1) is 0 Å². The maximum absolute atomic E-state index is 14.9. The standard InChI is InChI=1S/C37H40BrN3O5Si/c1-23-34(47(3,4)30-15-13-29(45-2)14-16-30)33(18-19-42)46-37(23)31-21-26(38)10-17-32(31)41(36(37)44)22-24-6-5-7-28(20-24)40-35(43)25-8-11-27(39)12-9-25/h5-17,20-21,23,33-34,42H,18-19,22,39H2,1-4H3,(H,40,43)/t23-,33+,34-,37+/m1/s1. The molecule has 4 aromatic rings. The number of anilines is 3. The molecule has 0 radical (unpaired) electrons. The molecule has 1 saturated heterocycles. The number of methoxy groups -OCH3 is 1. The zero-order chi connectivity index (χ0) is 33.5. The second-order valence-corrected chi connectivity index (χ2v) is 18.6. The average molecular weight is 715 g/mol. The molecular weight excluding hydrogens is 674 g/mol. The first-order chi connectivity index (χ1) is 22.5. The summed E-state index contributed by atoms with van der Waals surface area (Å²) in [5, 5.41) is 14.4. The predicted octanol–water partition coefficient (Wildman–Crippen LogP) is 6.44. The number of ether oxygens (including phenoxy) is 2. The first-order valence-electron chi connectivity index (χ1n) is 15.8. The largest absolute Gasteiger partial charge is 0.497 e. The number of hydrogen-bond acceptors (Lipinski definition) is 6. The van der Waals surface area contributed by atoms with Crippen molar-refractivity contribution in [3.05, 3.63) is 112 Å². The van der Waals surface area contributed by atoms with E-state index in [1.54, 1.807) is 36.3 Å². The fraction of sp³-hybridized carbons (Fsp3) is 0.297. The van der Waals surface area contributed by atoms with Gasteiger partial charge in [-0.1, -0.05) is 65.4 Å². The van der Waals surface area contributed by atoms with Crippen LogP contribution in [0.15, 0.2) is 95.5 Å². The lowest BCUT2D eigenvalue weighted by molar-refractivity contribution is -0.146. The lowest BCUT2D eigenvalue weighted by atomic mass is 9.82. The molecule has 0 bridgehead atoms. The number of aliphatic hydroxyl groups is 1. The van der Waals surface area contributed by atoms with Crippen LogP contribution in [0, 0.1) is 5.92 Å². The fourth-order valence-electron chi connectivity index (χ4n) is 7.61. The van der Waals surface area contributed by atoms with Gasteiger partial charge >= 0.3 is 0 Å². The number of carbonyl (C=O) groups is 2. The molecule has 2 aliphatic heterocycles. The van der Waals surface area contributed by atoms with E-state index in [2.05, 4.69) is 53.4 Å². The number of amides is 2. The van der Waals surface area contributed by atoms with Gasteiger partial charge in [0, 0.05) is 39.5 Å². The summed E-state index contributed by atoms with van der Waals surface area (Å²) >= 11 is 3.65. The molecule has 244 valence electrons. The summed E-state index contributed by atoms with van der Waals surface area (Å²) < 4.78 is 13.3. The van der Waals surface area contributed by atoms with Gasteiger partial charge in [0.05, 0.1) is 33.5 Å². The van der Waals surface area contributed by atoms with Crippen molar-refractivity contribution < 1.29 is 24.2 Å².